The van der Waals surface area contributed by atoms with Gasteiger partial charge in [-0.2, -0.15) is 0 Å². The maximum Gasteiger partial charge on any atom is 0.162 e. The van der Waals surface area contributed by atoms with Crippen molar-refractivity contribution < 1.29 is 9.59 Å². The predicted molar refractivity (Wildman–Crippen MR) is 118 cm³/mol. The number of rotatable bonds is 10. The van der Waals surface area contributed by atoms with Crippen molar-refractivity contribution in [3.05, 3.63) is 58.7 Å². The second-order valence-electron chi connectivity index (χ2n) is 7.06. The van der Waals surface area contributed by atoms with Crippen molar-refractivity contribution in [3.8, 4) is 0 Å². The molecule has 1 heterocycles. The average Bonchev–Trinajstić information content (AvgIpc) is 2.71. The number of ketones is 2. The standard InChI is InChI=1S/C23H24Cl2O2S/c24-11-3-1-5-20(26)16-7-9-22-18(13-16)15-19-14-17(8-10-23(19)28-22)21(27)6-2-4-12-25/h7-10,13-14H,1-6,11-12,15H2. The molecule has 0 aromatic heterocycles. The summed E-state index contributed by atoms with van der Waals surface area (Å²) in [5.74, 6) is 1.54. The number of fused-ring (bicyclic) bond motifs is 2. The normalized spacial score (nSPS) is 12.4. The fourth-order valence-corrected chi connectivity index (χ4v) is 4.77. The summed E-state index contributed by atoms with van der Waals surface area (Å²) in [5.41, 5.74) is 3.86. The van der Waals surface area contributed by atoms with Crippen LogP contribution >= 0.6 is 35.0 Å². The van der Waals surface area contributed by atoms with E-state index in [9.17, 15) is 9.59 Å². The van der Waals surface area contributed by atoms with Crippen LogP contribution < -0.4 is 0 Å². The zero-order valence-electron chi connectivity index (χ0n) is 15.8. The number of alkyl halides is 2. The Morgan fingerprint density at radius 2 is 1.21 bits per heavy atom. The van der Waals surface area contributed by atoms with Gasteiger partial charge in [-0.05, 0) is 67.5 Å². The van der Waals surface area contributed by atoms with Crippen LogP contribution in [0.4, 0.5) is 0 Å². The van der Waals surface area contributed by atoms with Crippen molar-refractivity contribution in [2.45, 2.75) is 54.7 Å². The van der Waals surface area contributed by atoms with Gasteiger partial charge in [0.25, 0.3) is 0 Å². The van der Waals surface area contributed by atoms with Crippen molar-refractivity contribution in [1.29, 1.82) is 0 Å². The van der Waals surface area contributed by atoms with Gasteiger partial charge >= 0.3 is 0 Å². The number of unbranched alkanes of at least 4 members (excludes halogenated alkanes) is 2. The molecule has 2 nitrogen and oxygen atoms in total. The highest BCUT2D eigenvalue weighted by Crippen LogP contribution is 2.40. The van der Waals surface area contributed by atoms with Crippen LogP contribution in [-0.2, 0) is 6.42 Å². The largest absolute Gasteiger partial charge is 0.294 e. The van der Waals surface area contributed by atoms with Gasteiger partial charge in [0, 0.05) is 45.5 Å². The summed E-state index contributed by atoms with van der Waals surface area (Å²) < 4.78 is 0. The second-order valence-corrected chi connectivity index (χ2v) is 8.90. The lowest BCUT2D eigenvalue weighted by atomic mass is 9.96. The van der Waals surface area contributed by atoms with Crippen LogP contribution in [0.15, 0.2) is 46.2 Å². The van der Waals surface area contributed by atoms with E-state index in [2.05, 4.69) is 0 Å². The van der Waals surface area contributed by atoms with E-state index in [1.165, 1.54) is 9.79 Å². The third-order valence-corrected chi connectivity index (χ3v) is 6.71. The van der Waals surface area contributed by atoms with Crippen LogP contribution in [0.3, 0.4) is 0 Å². The highest BCUT2D eigenvalue weighted by molar-refractivity contribution is 7.99. The van der Waals surface area contributed by atoms with Crippen LogP contribution in [-0.4, -0.2) is 23.3 Å². The number of carbonyl (C=O) groups is 2. The molecule has 0 bridgehead atoms. The van der Waals surface area contributed by atoms with E-state index in [1.807, 2.05) is 36.4 Å². The summed E-state index contributed by atoms with van der Waals surface area (Å²) >= 11 is 13.1. The van der Waals surface area contributed by atoms with Gasteiger partial charge in [0.15, 0.2) is 11.6 Å². The first-order valence-electron chi connectivity index (χ1n) is 9.74. The monoisotopic (exact) mass is 434 g/mol. The molecule has 0 N–H and O–H groups in total. The number of carbonyl (C=O) groups excluding carboxylic acids is 2. The first-order valence-corrected chi connectivity index (χ1v) is 11.6. The highest BCUT2D eigenvalue weighted by atomic mass is 35.5. The van der Waals surface area contributed by atoms with Crippen LogP contribution in [0.2, 0.25) is 0 Å². The number of halogens is 2. The molecule has 28 heavy (non-hydrogen) atoms. The maximum atomic E-state index is 12.4. The van der Waals surface area contributed by atoms with E-state index in [-0.39, 0.29) is 11.6 Å². The summed E-state index contributed by atoms with van der Waals surface area (Å²) in [4.78, 5) is 27.2. The van der Waals surface area contributed by atoms with E-state index < -0.39 is 0 Å². The molecule has 0 amide bonds. The zero-order chi connectivity index (χ0) is 19.9. The molecule has 0 atom stereocenters. The summed E-state index contributed by atoms with van der Waals surface area (Å²) in [6.07, 6.45) is 5.21. The van der Waals surface area contributed by atoms with E-state index in [1.54, 1.807) is 11.8 Å². The van der Waals surface area contributed by atoms with Crippen LogP contribution in [0, 0.1) is 0 Å². The molecule has 2 aromatic rings. The van der Waals surface area contributed by atoms with Crippen LogP contribution in [0.25, 0.3) is 0 Å². The van der Waals surface area contributed by atoms with Crippen molar-refractivity contribution >= 4 is 46.5 Å². The van der Waals surface area contributed by atoms with Gasteiger partial charge in [0.05, 0.1) is 0 Å². The topological polar surface area (TPSA) is 34.1 Å². The molecule has 0 fully saturated rings. The van der Waals surface area contributed by atoms with Crippen LogP contribution in [0.1, 0.15) is 70.4 Å². The second kappa shape index (κ2) is 10.5. The Hall–Kier alpha value is -1.29. The molecule has 0 spiro atoms. The number of hydrogen-bond acceptors (Lipinski definition) is 3. The number of benzene rings is 2. The maximum absolute atomic E-state index is 12.4. The third kappa shape index (κ3) is 5.40. The first-order chi connectivity index (χ1) is 13.6. The lowest BCUT2D eigenvalue weighted by molar-refractivity contribution is 0.0972. The van der Waals surface area contributed by atoms with Gasteiger partial charge in [-0.1, -0.05) is 23.9 Å². The third-order valence-electron chi connectivity index (χ3n) is 4.94. The summed E-state index contributed by atoms with van der Waals surface area (Å²) in [5, 5.41) is 0. The summed E-state index contributed by atoms with van der Waals surface area (Å²) in [6, 6.07) is 12.0. The van der Waals surface area contributed by atoms with E-state index in [4.69, 9.17) is 23.2 Å². The zero-order valence-corrected chi connectivity index (χ0v) is 18.1. The molecule has 2 aromatic carbocycles. The Balaban J connectivity index is 1.73. The summed E-state index contributed by atoms with van der Waals surface area (Å²) in [6.45, 7) is 0. The number of hydrogen-bond donors (Lipinski definition) is 0. The number of Topliss-reactive ketones (excluding diaryl/α,β-unsaturated/α-hetero) is 2. The lowest BCUT2D eigenvalue weighted by Crippen LogP contribution is -2.06. The average molecular weight is 435 g/mol. The predicted octanol–water partition coefficient (Wildman–Crippen LogP) is 6.93. The molecular formula is C23H24Cl2O2S. The van der Waals surface area contributed by atoms with Gasteiger partial charge in [-0.15, -0.1) is 23.2 Å². The lowest BCUT2D eigenvalue weighted by Gasteiger charge is -2.20. The molecule has 1 aliphatic heterocycles. The minimum atomic E-state index is 0.173. The quantitative estimate of drug-likeness (QED) is 0.197. The Morgan fingerprint density at radius 3 is 1.64 bits per heavy atom. The van der Waals surface area contributed by atoms with Gasteiger partial charge in [0.2, 0.25) is 0 Å². The highest BCUT2D eigenvalue weighted by Gasteiger charge is 2.19. The molecule has 148 valence electrons. The molecule has 0 saturated heterocycles. The van der Waals surface area contributed by atoms with E-state index in [0.717, 1.165) is 54.4 Å². The first kappa shape index (κ1) is 21.4. The van der Waals surface area contributed by atoms with Crippen LogP contribution in [0.5, 0.6) is 0 Å². The van der Waals surface area contributed by atoms with Crippen molar-refractivity contribution in [1.82, 2.24) is 0 Å². The Bertz CT molecular complexity index is 794. The SMILES string of the molecule is O=C(CCCCCl)c1ccc2c(c1)Cc1cc(C(=O)CCCCCl)ccc1S2. The molecule has 1 aliphatic rings. The van der Waals surface area contributed by atoms with Gasteiger partial charge < -0.3 is 0 Å². The molecule has 3 rings (SSSR count). The fraction of sp³-hybridized carbons (Fsp3) is 0.391. The van der Waals surface area contributed by atoms with Crippen molar-refractivity contribution in [2.24, 2.45) is 0 Å². The van der Waals surface area contributed by atoms with Gasteiger partial charge in [0.1, 0.15) is 0 Å². The van der Waals surface area contributed by atoms with Crippen molar-refractivity contribution in [2.75, 3.05) is 11.8 Å². The molecule has 0 unspecified atom stereocenters. The van der Waals surface area contributed by atoms with E-state index in [0.29, 0.717) is 24.6 Å². The Kier molecular flexibility index (Phi) is 8.01. The Labute approximate surface area is 181 Å². The molecule has 0 radical (unpaired) electrons. The molecule has 0 saturated carbocycles. The van der Waals surface area contributed by atoms with Crippen molar-refractivity contribution in [3.63, 3.8) is 0 Å². The molecule has 5 heteroatoms. The van der Waals surface area contributed by atoms with Gasteiger partial charge in [-0.25, -0.2) is 0 Å². The molecule has 0 aliphatic carbocycles. The molecular weight excluding hydrogens is 411 g/mol. The summed E-state index contributed by atoms with van der Waals surface area (Å²) in [7, 11) is 0. The smallest absolute Gasteiger partial charge is 0.162 e. The van der Waals surface area contributed by atoms with E-state index >= 15 is 0 Å². The van der Waals surface area contributed by atoms with Gasteiger partial charge in [-0.3, -0.25) is 9.59 Å². The minimum Gasteiger partial charge on any atom is -0.294 e. The fourth-order valence-electron chi connectivity index (χ4n) is 3.35. The Morgan fingerprint density at radius 1 is 0.750 bits per heavy atom. The minimum absolute atomic E-state index is 0.173.